The molecule has 3 saturated carbocycles. The predicted octanol–water partition coefficient (Wildman–Crippen LogP) is -7.58. The molecule has 10 aliphatic rings. The van der Waals surface area contributed by atoms with Crippen molar-refractivity contribution >= 4 is 0 Å². The Morgan fingerprint density at radius 3 is 1.36 bits per heavy atom. The van der Waals surface area contributed by atoms with Gasteiger partial charge in [-0.05, 0) is 99.7 Å². The fourth-order valence-electron chi connectivity index (χ4n) is 18.5. The summed E-state index contributed by atoms with van der Waals surface area (Å²) in [5, 5.41) is 239. The number of rotatable bonds is 23. The fraction of sp³-hybridized carbons (Fsp3) is 0.970. The number of allylic oxidation sites excluding steroid dienone is 1. The van der Waals surface area contributed by atoms with Gasteiger partial charge in [0.25, 0.3) is 0 Å². The highest BCUT2D eigenvalue weighted by Crippen LogP contribution is 2.75. The van der Waals surface area contributed by atoms with Crippen molar-refractivity contribution in [3.63, 3.8) is 0 Å². The molecule has 40 atom stereocenters. The van der Waals surface area contributed by atoms with Gasteiger partial charge in [-0.1, -0.05) is 53.2 Å². The molecule has 100 heavy (non-hydrogen) atoms. The van der Waals surface area contributed by atoms with E-state index in [-0.39, 0.29) is 35.5 Å². The lowest BCUT2D eigenvalue weighted by atomic mass is 9.38. The second-order valence-corrected chi connectivity index (χ2v) is 31.5. The summed E-state index contributed by atoms with van der Waals surface area (Å²) in [5.41, 5.74) is -2.90. The number of ether oxygens (including phenoxy) is 12. The zero-order valence-electron chi connectivity index (χ0n) is 57.6. The van der Waals surface area contributed by atoms with Gasteiger partial charge in [0, 0.05) is 10.8 Å². The molecule has 0 aromatic rings. The predicted molar refractivity (Wildman–Crippen MR) is 333 cm³/mol. The third-order valence-corrected chi connectivity index (χ3v) is 25.0. The van der Waals surface area contributed by atoms with Gasteiger partial charge in [-0.2, -0.15) is 0 Å². The van der Waals surface area contributed by atoms with Gasteiger partial charge in [0.2, 0.25) is 0 Å². The Morgan fingerprint density at radius 2 is 0.870 bits per heavy atom. The van der Waals surface area contributed by atoms with Crippen LogP contribution in [0.2, 0.25) is 0 Å². The minimum Gasteiger partial charge on any atom is -0.394 e. The van der Waals surface area contributed by atoms with Crippen LogP contribution in [0.15, 0.2) is 11.6 Å². The summed E-state index contributed by atoms with van der Waals surface area (Å²) in [6.45, 7) is 11.3. The van der Waals surface area contributed by atoms with E-state index in [2.05, 4.69) is 33.8 Å². The van der Waals surface area contributed by atoms with E-state index in [0.29, 0.717) is 32.1 Å². The van der Waals surface area contributed by atoms with Gasteiger partial charge in [0.15, 0.2) is 37.7 Å². The van der Waals surface area contributed by atoms with E-state index in [0.717, 1.165) is 18.4 Å². The molecule has 580 valence electrons. The molecule has 0 amide bonds. The number of aliphatic hydroxyl groups is 22. The van der Waals surface area contributed by atoms with Gasteiger partial charge in [-0.25, -0.2) is 0 Å². The first-order valence-corrected chi connectivity index (χ1v) is 35.1. The normalized spacial score (nSPS) is 52.1. The molecule has 0 spiro atoms. The van der Waals surface area contributed by atoms with Crippen LogP contribution in [0, 0.1) is 45.3 Å². The molecule has 0 radical (unpaired) electrons. The van der Waals surface area contributed by atoms with Crippen LogP contribution in [0.25, 0.3) is 0 Å². The summed E-state index contributed by atoms with van der Waals surface area (Å²) < 4.78 is 71.7. The molecule has 6 saturated heterocycles. The van der Waals surface area contributed by atoms with E-state index in [9.17, 15) is 112 Å². The highest BCUT2D eigenvalue weighted by molar-refractivity contribution is 5.32. The second kappa shape index (κ2) is 31.5. The molecule has 0 aromatic heterocycles. The van der Waals surface area contributed by atoms with Crippen LogP contribution in [0.5, 0.6) is 0 Å². The zero-order valence-corrected chi connectivity index (χ0v) is 57.6. The quantitative estimate of drug-likeness (QED) is 0.0423. The number of aliphatic hydroxyl groups excluding tert-OH is 21. The minimum atomic E-state index is -1.98. The topological polar surface area (TPSA) is 556 Å². The van der Waals surface area contributed by atoms with Crippen molar-refractivity contribution in [1.82, 2.24) is 0 Å². The highest BCUT2D eigenvalue weighted by atomic mass is 16.8. The average molecular weight is 1450 g/mol. The van der Waals surface area contributed by atoms with Crippen LogP contribution in [0.4, 0.5) is 0 Å². The lowest BCUT2D eigenvalue weighted by Crippen LogP contribution is -2.66. The van der Waals surface area contributed by atoms with Crippen LogP contribution in [0.1, 0.15) is 107 Å². The lowest BCUT2D eigenvalue weighted by molar-refractivity contribution is -0.380. The van der Waals surface area contributed by atoms with Gasteiger partial charge in [-0.3, -0.25) is 0 Å². The SMILES string of the molecule is C[C@H](CC[C@@H](O[C@@H]1O[C@H](CO[C@@H]2O[C@H](CO)[C@@H](O)[C@H](O)[C@H]2O)[C@@H](O)[C@H](O)[C@H]1O[C@@H]1O[C@H](CO)[C@@H](O)[C@H](O)[C@H]1O)C(C)(C)O)[C@H]1CC[C@@]2(C)[C@@H]3CC=C4[C@@H](CC[C@H](O[C@@H]5O[C@H](CO[C@@H]6O[C@H](CO)[C@@H](O)[C@H](O)[C@H]6O)[C@@H](O[C@H]6O[C@H](CO)[C@@H](O)[C@H](O)[C@H]6O)[C@H](O)[C@H]5O)C4(C)C)[C@]3(C)[C@H](O)C[C@]12C. The summed E-state index contributed by atoms with van der Waals surface area (Å²) in [6, 6.07) is 0. The number of hydrogen-bond acceptors (Lipinski definition) is 34. The van der Waals surface area contributed by atoms with Crippen LogP contribution >= 0.6 is 0 Å². The molecule has 6 aliphatic heterocycles. The first kappa shape index (κ1) is 80.9. The molecule has 9 fully saturated rings. The molecule has 10 rings (SSSR count). The molecule has 4 aliphatic carbocycles. The summed E-state index contributed by atoms with van der Waals surface area (Å²) in [6.07, 6.45) is -48.6. The number of hydrogen-bond donors (Lipinski definition) is 22. The summed E-state index contributed by atoms with van der Waals surface area (Å²) in [5.74, 6) is -0.257. The molecule has 34 nitrogen and oxygen atoms in total. The molecule has 6 heterocycles. The molecule has 0 unspecified atom stereocenters. The monoisotopic (exact) mass is 1450 g/mol. The first-order valence-electron chi connectivity index (χ1n) is 35.1. The maximum Gasteiger partial charge on any atom is 0.187 e. The van der Waals surface area contributed by atoms with E-state index < -0.39 is 264 Å². The van der Waals surface area contributed by atoms with Crippen molar-refractivity contribution in [3.05, 3.63) is 11.6 Å². The smallest absolute Gasteiger partial charge is 0.187 e. The molecule has 34 heteroatoms. The molecular weight excluding hydrogens is 1340 g/mol. The summed E-state index contributed by atoms with van der Waals surface area (Å²) in [4.78, 5) is 0. The Labute approximate surface area is 579 Å². The third-order valence-electron chi connectivity index (χ3n) is 25.0. The largest absolute Gasteiger partial charge is 0.394 e. The summed E-state index contributed by atoms with van der Waals surface area (Å²) >= 11 is 0. The van der Waals surface area contributed by atoms with Crippen molar-refractivity contribution in [3.8, 4) is 0 Å². The van der Waals surface area contributed by atoms with Gasteiger partial charge in [-0.15, -0.1) is 0 Å². The molecule has 22 N–H and O–H groups in total. The Balaban J connectivity index is 0.837. The first-order chi connectivity index (χ1) is 46.9. The zero-order chi connectivity index (χ0) is 73.5. The molecular formula is C66H112O34. The van der Waals surface area contributed by atoms with E-state index >= 15 is 0 Å². The van der Waals surface area contributed by atoms with Crippen molar-refractivity contribution in [1.29, 1.82) is 0 Å². The van der Waals surface area contributed by atoms with Crippen LogP contribution in [0.3, 0.4) is 0 Å². The van der Waals surface area contributed by atoms with Crippen LogP contribution in [-0.2, 0) is 56.8 Å². The lowest BCUT2D eigenvalue weighted by Gasteiger charge is -2.67. The minimum absolute atomic E-state index is 0.0186. The van der Waals surface area contributed by atoms with Gasteiger partial charge < -0.3 is 169 Å². The Bertz CT molecular complexity index is 2670. The Hall–Kier alpha value is -1.62. The van der Waals surface area contributed by atoms with Crippen molar-refractivity contribution in [2.45, 2.75) is 315 Å². The van der Waals surface area contributed by atoms with Gasteiger partial charge >= 0.3 is 0 Å². The average Bonchev–Trinajstić information content (AvgIpc) is 1.34. The Morgan fingerprint density at radius 1 is 0.460 bits per heavy atom. The highest BCUT2D eigenvalue weighted by Gasteiger charge is 2.71. The van der Waals surface area contributed by atoms with E-state index in [1.165, 1.54) is 13.8 Å². The third kappa shape index (κ3) is 14.8. The van der Waals surface area contributed by atoms with E-state index in [4.69, 9.17) is 56.8 Å². The standard InChI is InChI=1S/C66H112O34/c1-24(9-13-37(63(4,5)88)98-61-55(100-60-52(86)46(80)41(75)31(21-70)94-60)47(81)42(76)32(95-61)22-89-56-49(83)43(77)38(72)28(18-67)91-56)25-15-16-64(6)34-12-10-26-27(66(34,8)35(71)17-65(25,64)7)11-14-36(62(26,2)3)97-58-53(87)48(82)54(99-59-51(85)45(79)40(74)30(20-69)93-59)33(96-58)23-90-57-50(84)44(78)39(73)29(19-68)92-57/h10,24-25,27-61,67-88H,9,11-23H2,1-8H3/t24-,25-,27-,28-,29-,30-,31-,32-,33-,34+,35-,36+,37-,38-,39-,40-,41-,42-,43+,44+,45+,46+,47+,48-,49-,50-,51-,52-,53-,54-,55-,56-,57-,58+,59-,60+,61+,64+,65-,66+/m1/s1. The van der Waals surface area contributed by atoms with E-state index in [1.54, 1.807) is 0 Å². The van der Waals surface area contributed by atoms with Crippen molar-refractivity contribution < 1.29 is 169 Å². The van der Waals surface area contributed by atoms with Crippen LogP contribution in [-0.4, -0.2) is 360 Å². The fourth-order valence-corrected chi connectivity index (χ4v) is 18.5. The van der Waals surface area contributed by atoms with Gasteiger partial charge in [0.1, 0.15) is 146 Å². The van der Waals surface area contributed by atoms with E-state index in [1.807, 2.05) is 13.8 Å². The second-order valence-electron chi connectivity index (χ2n) is 31.5. The summed E-state index contributed by atoms with van der Waals surface area (Å²) in [7, 11) is 0. The molecule has 0 bridgehead atoms. The number of fused-ring (bicyclic) bond motifs is 5. The van der Waals surface area contributed by atoms with Gasteiger partial charge in [0.05, 0.1) is 63.6 Å². The molecule has 0 aromatic carbocycles. The van der Waals surface area contributed by atoms with Crippen LogP contribution < -0.4 is 0 Å². The van der Waals surface area contributed by atoms with Crippen molar-refractivity contribution in [2.75, 3.05) is 39.6 Å². The Kier molecular flexibility index (Phi) is 25.5. The van der Waals surface area contributed by atoms with Crippen molar-refractivity contribution in [2.24, 2.45) is 45.3 Å². The maximum atomic E-state index is 13.0. The maximum absolute atomic E-state index is 13.0.